The molecule has 1 aliphatic heterocycles. The van der Waals surface area contributed by atoms with Gasteiger partial charge in [-0.15, -0.1) is 0 Å². The number of ether oxygens (including phenoxy) is 3. The summed E-state index contributed by atoms with van der Waals surface area (Å²) in [6.07, 6.45) is 4.06. The van der Waals surface area contributed by atoms with Gasteiger partial charge in [-0.2, -0.15) is 0 Å². The molecule has 0 unspecified atom stereocenters. The van der Waals surface area contributed by atoms with E-state index in [-0.39, 0.29) is 38.1 Å². The Labute approximate surface area is 295 Å². The van der Waals surface area contributed by atoms with Crippen LogP contribution < -0.4 is 15.4 Å². The zero-order valence-electron chi connectivity index (χ0n) is 29.2. The van der Waals surface area contributed by atoms with Crippen molar-refractivity contribution in [2.45, 2.75) is 46.4 Å². The first-order valence-electron chi connectivity index (χ1n) is 16.7. The van der Waals surface area contributed by atoms with Gasteiger partial charge in [-0.25, -0.2) is 19.2 Å². The smallest absolute Gasteiger partial charge is 0.407 e. The van der Waals surface area contributed by atoms with E-state index in [0.29, 0.717) is 66.2 Å². The van der Waals surface area contributed by atoms with E-state index in [1.54, 1.807) is 22.1 Å². The minimum atomic E-state index is -0.692. The zero-order valence-corrected chi connectivity index (χ0v) is 29.2. The number of carbonyl (C=O) groups is 3. The largest absolute Gasteiger partial charge is 0.488 e. The molecule has 3 amide bonds. The molecular formula is C36H43FN8O6. The number of amides is 3. The molecule has 51 heavy (non-hydrogen) atoms. The van der Waals surface area contributed by atoms with Crippen LogP contribution in [0.1, 0.15) is 43.9 Å². The molecule has 0 saturated heterocycles. The van der Waals surface area contributed by atoms with Gasteiger partial charge in [0.2, 0.25) is 11.8 Å². The average Bonchev–Trinajstić information content (AvgIpc) is 3.82. The summed E-state index contributed by atoms with van der Waals surface area (Å²) in [5.74, 6) is 1.23. The molecule has 2 aromatic heterocycles. The van der Waals surface area contributed by atoms with E-state index in [1.807, 2.05) is 38.1 Å². The van der Waals surface area contributed by atoms with Crippen LogP contribution in [-0.4, -0.2) is 88.0 Å². The Bertz CT molecular complexity index is 1890. The number of aromatic nitrogens is 4. The van der Waals surface area contributed by atoms with Gasteiger partial charge in [0, 0.05) is 35.3 Å². The predicted octanol–water partition coefficient (Wildman–Crippen LogP) is 4.71. The Morgan fingerprint density at radius 2 is 1.45 bits per heavy atom. The number of imidazole rings is 2. The fourth-order valence-corrected chi connectivity index (χ4v) is 5.75. The number of H-pyrrole nitrogens is 2. The number of fused-ring (bicyclic) bond motifs is 3. The molecule has 2 aromatic carbocycles. The van der Waals surface area contributed by atoms with Gasteiger partial charge < -0.3 is 44.6 Å². The van der Waals surface area contributed by atoms with Gasteiger partial charge in [-0.05, 0) is 43.2 Å². The molecule has 0 atom stereocenters. The van der Waals surface area contributed by atoms with Crippen molar-refractivity contribution in [2.75, 3.05) is 40.4 Å². The fourth-order valence-electron chi connectivity index (χ4n) is 5.75. The number of nitrogens with one attached hydrogen (secondary N) is 4. The lowest BCUT2D eigenvalue weighted by molar-refractivity contribution is -0.131. The first-order chi connectivity index (χ1) is 24.6. The Morgan fingerprint density at radius 3 is 2.08 bits per heavy atom. The van der Waals surface area contributed by atoms with Gasteiger partial charge in [0.15, 0.2) is 5.88 Å². The number of aromatic amines is 2. The van der Waals surface area contributed by atoms with Crippen LogP contribution in [0.3, 0.4) is 0 Å². The van der Waals surface area contributed by atoms with Gasteiger partial charge in [0.1, 0.15) is 36.4 Å². The van der Waals surface area contributed by atoms with Crippen molar-refractivity contribution in [1.29, 1.82) is 0 Å². The average molecular weight is 703 g/mol. The molecule has 3 heterocycles. The number of carbonyl (C=O) groups excluding carboxylic acids is 3. The lowest BCUT2D eigenvalue weighted by Crippen LogP contribution is -2.40. The number of rotatable bonds is 16. The molecule has 0 saturated carbocycles. The van der Waals surface area contributed by atoms with Crippen LogP contribution in [0, 0.1) is 5.82 Å². The van der Waals surface area contributed by atoms with E-state index in [1.165, 1.54) is 20.4 Å². The van der Waals surface area contributed by atoms with Crippen molar-refractivity contribution in [2.24, 2.45) is 0 Å². The van der Waals surface area contributed by atoms with Crippen molar-refractivity contribution in [3.05, 3.63) is 78.2 Å². The summed E-state index contributed by atoms with van der Waals surface area (Å²) in [7, 11) is 2.71. The summed E-state index contributed by atoms with van der Waals surface area (Å²) in [4.78, 5) is 55.5. The van der Waals surface area contributed by atoms with Gasteiger partial charge in [0.05, 0.1) is 57.6 Å². The van der Waals surface area contributed by atoms with E-state index in [0.717, 1.165) is 28.8 Å². The van der Waals surface area contributed by atoms with Crippen molar-refractivity contribution in [3.8, 4) is 39.4 Å². The maximum atomic E-state index is 16.0. The number of nitrogens with zero attached hydrogens (tertiary/aromatic N) is 4. The van der Waals surface area contributed by atoms with E-state index in [4.69, 9.17) is 9.47 Å². The van der Waals surface area contributed by atoms with Gasteiger partial charge in [-0.3, -0.25) is 9.59 Å². The topological polar surface area (TPSA) is 167 Å². The number of alkyl carbamates (subject to hydrolysis) is 1. The second kappa shape index (κ2) is 16.7. The molecule has 0 aliphatic carbocycles. The molecule has 0 bridgehead atoms. The van der Waals surface area contributed by atoms with E-state index >= 15 is 4.39 Å². The molecule has 4 N–H and O–H groups in total. The quantitative estimate of drug-likeness (QED) is 0.121. The highest BCUT2D eigenvalue weighted by molar-refractivity contribution is 5.83. The third kappa shape index (κ3) is 8.66. The highest BCUT2D eigenvalue weighted by Crippen LogP contribution is 2.42. The number of hydrogen-bond acceptors (Lipinski definition) is 9. The van der Waals surface area contributed by atoms with Crippen LogP contribution in [0.15, 0.2) is 55.2 Å². The normalized spacial score (nSPS) is 11.5. The number of benzene rings is 2. The van der Waals surface area contributed by atoms with E-state index < -0.39 is 11.9 Å². The Morgan fingerprint density at radius 1 is 0.863 bits per heavy atom. The molecule has 1 aliphatic rings. The summed E-state index contributed by atoms with van der Waals surface area (Å²) in [6, 6.07) is 9.27. The van der Waals surface area contributed by atoms with Crippen molar-refractivity contribution >= 4 is 17.9 Å². The van der Waals surface area contributed by atoms with Crippen molar-refractivity contribution in [3.63, 3.8) is 0 Å². The standard InChI is InChI=1S/C36H43FN8O6/c1-6-12-44(33(46)17-38-22(3)49-4)19-31-39-15-28(42-31)23-8-9-25-24-10-11-26(35(37)27(24)21-51-30(25)14-23)29-16-40-32(43-29)20-45(13-7-2)34(47)18-41-36(48)50-5/h8-11,14-16,38H,3,6-7,12-13,17-21H2,1-2,4-5H3,(H,39,42)(H,40,43)(H,41,48). The second-order valence-corrected chi connectivity index (χ2v) is 11.9. The minimum absolute atomic E-state index is 0.0320. The fraction of sp³-hybridized carbons (Fsp3) is 0.361. The summed E-state index contributed by atoms with van der Waals surface area (Å²) >= 11 is 0. The van der Waals surface area contributed by atoms with E-state index in [2.05, 4.69) is 41.9 Å². The van der Waals surface area contributed by atoms with Gasteiger partial charge in [0.25, 0.3) is 0 Å². The lowest BCUT2D eigenvalue weighted by Gasteiger charge is -2.23. The highest BCUT2D eigenvalue weighted by atomic mass is 19.1. The molecule has 14 nitrogen and oxygen atoms in total. The maximum Gasteiger partial charge on any atom is 0.407 e. The molecular weight excluding hydrogens is 659 g/mol. The number of methoxy groups -OCH3 is 2. The van der Waals surface area contributed by atoms with E-state index in [9.17, 15) is 14.4 Å². The third-order valence-electron chi connectivity index (χ3n) is 8.37. The molecule has 5 rings (SSSR count). The van der Waals surface area contributed by atoms with Gasteiger partial charge >= 0.3 is 6.09 Å². The number of hydrogen-bond donors (Lipinski definition) is 4. The summed E-state index contributed by atoms with van der Waals surface area (Å²) < 4.78 is 31.6. The highest BCUT2D eigenvalue weighted by Gasteiger charge is 2.25. The molecule has 0 radical (unpaired) electrons. The SMILES string of the molecule is C=C(NCC(=O)N(CCC)Cc1ncc(-c2ccc3c(c2)OCc2c-3ccc(-c3cnc(CN(CCC)C(=O)CNC(=O)OC)[nH]3)c2F)[nH]1)OC. The Kier molecular flexibility index (Phi) is 11.9. The number of halogens is 1. The van der Waals surface area contributed by atoms with Crippen LogP contribution in [0.2, 0.25) is 0 Å². The zero-order chi connectivity index (χ0) is 36.5. The van der Waals surface area contributed by atoms with Crippen LogP contribution in [-0.2, 0) is 38.8 Å². The third-order valence-corrected chi connectivity index (χ3v) is 8.37. The first kappa shape index (κ1) is 36.4. The summed E-state index contributed by atoms with van der Waals surface area (Å²) in [5, 5.41) is 5.25. The molecule has 0 fully saturated rings. The van der Waals surface area contributed by atoms with Crippen LogP contribution >= 0.6 is 0 Å². The summed E-state index contributed by atoms with van der Waals surface area (Å²) in [5.41, 5.74) is 4.30. The summed E-state index contributed by atoms with van der Waals surface area (Å²) in [6.45, 7) is 9.01. The van der Waals surface area contributed by atoms with Crippen LogP contribution in [0.25, 0.3) is 33.6 Å². The Hall–Kier alpha value is -5.86. The molecule has 0 spiro atoms. The minimum Gasteiger partial charge on any atom is -0.488 e. The molecule has 270 valence electrons. The lowest BCUT2D eigenvalue weighted by atomic mass is 9.93. The molecule has 4 aromatic rings. The first-order valence-corrected chi connectivity index (χ1v) is 16.7. The Balaban J connectivity index is 1.29. The monoisotopic (exact) mass is 702 g/mol. The van der Waals surface area contributed by atoms with Crippen molar-refractivity contribution in [1.82, 2.24) is 40.4 Å². The predicted molar refractivity (Wildman–Crippen MR) is 187 cm³/mol. The van der Waals surface area contributed by atoms with Crippen LogP contribution in [0.4, 0.5) is 9.18 Å². The van der Waals surface area contributed by atoms with Crippen LogP contribution in [0.5, 0.6) is 5.75 Å². The second-order valence-electron chi connectivity index (χ2n) is 11.9. The van der Waals surface area contributed by atoms with Gasteiger partial charge in [-0.1, -0.05) is 26.0 Å². The van der Waals surface area contributed by atoms with Crippen molar-refractivity contribution < 1.29 is 33.0 Å². The molecule has 15 heteroatoms. The maximum absolute atomic E-state index is 16.0.